The molecule has 0 bridgehead atoms. The van der Waals surface area contributed by atoms with Crippen LogP contribution in [0.4, 0.5) is 5.82 Å². The number of rotatable bonds is 4. The van der Waals surface area contributed by atoms with Crippen LogP contribution in [0.1, 0.15) is 13.8 Å². The van der Waals surface area contributed by atoms with Gasteiger partial charge in [0.05, 0.1) is 23.8 Å². The predicted octanol–water partition coefficient (Wildman–Crippen LogP) is 0.884. The molecule has 0 saturated carbocycles. The highest BCUT2D eigenvalue weighted by atomic mass is 16.5. The van der Waals surface area contributed by atoms with Crippen LogP contribution in [0.5, 0.6) is 0 Å². The molecular weight excluding hydrogens is 268 g/mol. The molecule has 1 aliphatic rings. The summed E-state index contributed by atoms with van der Waals surface area (Å²) in [4.78, 5) is 11.0. The topological polar surface area (TPSA) is 68.1 Å². The summed E-state index contributed by atoms with van der Waals surface area (Å²) < 4.78 is 7.51. The third-order valence-corrected chi connectivity index (χ3v) is 3.75. The van der Waals surface area contributed by atoms with Crippen molar-refractivity contribution in [3.05, 3.63) is 12.5 Å². The standard InChI is InChI=1S/C14H22N6O/c1-10-7-20(8-11(2)21-10)5-4-15-13-12-6-18-19(3)14(12)17-9-16-13/h6,9-11H,4-5,7-8H2,1-3H3,(H,15,16,17)/t10-,11+. The zero-order chi connectivity index (χ0) is 14.8. The maximum atomic E-state index is 5.75. The fourth-order valence-corrected chi connectivity index (χ4v) is 2.90. The lowest BCUT2D eigenvalue weighted by molar-refractivity contribution is -0.0667. The molecule has 1 saturated heterocycles. The van der Waals surface area contributed by atoms with Crippen molar-refractivity contribution >= 4 is 16.9 Å². The first-order valence-corrected chi connectivity index (χ1v) is 7.38. The second-order valence-electron chi connectivity index (χ2n) is 5.67. The van der Waals surface area contributed by atoms with E-state index in [1.54, 1.807) is 17.2 Å². The van der Waals surface area contributed by atoms with Gasteiger partial charge in [0, 0.05) is 33.2 Å². The summed E-state index contributed by atoms with van der Waals surface area (Å²) >= 11 is 0. The lowest BCUT2D eigenvalue weighted by Crippen LogP contribution is -2.46. The molecule has 21 heavy (non-hydrogen) atoms. The number of aryl methyl sites for hydroxylation is 1. The highest BCUT2D eigenvalue weighted by molar-refractivity contribution is 5.85. The molecule has 1 N–H and O–H groups in total. The van der Waals surface area contributed by atoms with E-state index in [0.717, 1.165) is 43.0 Å². The zero-order valence-corrected chi connectivity index (χ0v) is 12.8. The summed E-state index contributed by atoms with van der Waals surface area (Å²) in [6.45, 7) is 8.04. The van der Waals surface area contributed by atoms with Gasteiger partial charge in [-0.15, -0.1) is 0 Å². The molecule has 2 aromatic heterocycles. The molecule has 2 aromatic rings. The van der Waals surface area contributed by atoms with Crippen LogP contribution in [0.15, 0.2) is 12.5 Å². The van der Waals surface area contributed by atoms with Crippen LogP contribution >= 0.6 is 0 Å². The first kappa shape index (κ1) is 14.2. The second kappa shape index (κ2) is 5.95. The number of hydrogen-bond donors (Lipinski definition) is 1. The van der Waals surface area contributed by atoms with E-state index in [2.05, 4.69) is 39.1 Å². The minimum absolute atomic E-state index is 0.304. The van der Waals surface area contributed by atoms with Gasteiger partial charge in [0.2, 0.25) is 0 Å². The predicted molar refractivity (Wildman–Crippen MR) is 81.2 cm³/mol. The van der Waals surface area contributed by atoms with Gasteiger partial charge in [0.1, 0.15) is 12.1 Å². The van der Waals surface area contributed by atoms with Gasteiger partial charge in [0.25, 0.3) is 0 Å². The maximum Gasteiger partial charge on any atom is 0.163 e. The molecule has 2 atom stereocenters. The van der Waals surface area contributed by atoms with Crippen molar-refractivity contribution in [3.63, 3.8) is 0 Å². The molecule has 3 heterocycles. The van der Waals surface area contributed by atoms with Gasteiger partial charge in [-0.05, 0) is 13.8 Å². The molecule has 1 aliphatic heterocycles. The number of anilines is 1. The van der Waals surface area contributed by atoms with Crippen LogP contribution in [-0.2, 0) is 11.8 Å². The van der Waals surface area contributed by atoms with Gasteiger partial charge in [-0.25, -0.2) is 9.97 Å². The number of nitrogens with one attached hydrogen (secondary N) is 1. The van der Waals surface area contributed by atoms with Crippen molar-refractivity contribution < 1.29 is 4.74 Å². The highest BCUT2D eigenvalue weighted by Gasteiger charge is 2.21. The molecule has 1 fully saturated rings. The molecular formula is C14H22N6O. The van der Waals surface area contributed by atoms with E-state index in [-0.39, 0.29) is 0 Å². The summed E-state index contributed by atoms with van der Waals surface area (Å²) in [5, 5.41) is 8.57. The number of fused-ring (bicyclic) bond motifs is 1. The summed E-state index contributed by atoms with van der Waals surface area (Å²) in [5.74, 6) is 0.849. The van der Waals surface area contributed by atoms with Gasteiger partial charge in [-0.3, -0.25) is 9.58 Å². The highest BCUT2D eigenvalue weighted by Crippen LogP contribution is 2.17. The molecule has 0 unspecified atom stereocenters. The van der Waals surface area contributed by atoms with Crippen molar-refractivity contribution in [2.24, 2.45) is 7.05 Å². The molecule has 7 heteroatoms. The van der Waals surface area contributed by atoms with Crippen molar-refractivity contribution in [1.29, 1.82) is 0 Å². The van der Waals surface area contributed by atoms with E-state index in [0.29, 0.717) is 12.2 Å². The molecule has 3 rings (SSSR count). The van der Waals surface area contributed by atoms with Crippen molar-refractivity contribution in [2.45, 2.75) is 26.1 Å². The Balaban J connectivity index is 1.59. The largest absolute Gasteiger partial charge is 0.373 e. The normalized spacial score (nSPS) is 23.6. The minimum atomic E-state index is 0.304. The van der Waals surface area contributed by atoms with Crippen LogP contribution in [0, 0.1) is 0 Å². The SMILES string of the molecule is C[C@@H]1CN(CCNc2ncnc3c2cnn3C)C[C@H](C)O1. The first-order valence-electron chi connectivity index (χ1n) is 7.38. The quantitative estimate of drug-likeness (QED) is 0.902. The Morgan fingerprint density at radius 3 is 2.81 bits per heavy atom. The lowest BCUT2D eigenvalue weighted by Gasteiger charge is -2.35. The van der Waals surface area contributed by atoms with Crippen LogP contribution in [0.25, 0.3) is 11.0 Å². The minimum Gasteiger partial charge on any atom is -0.373 e. The Kier molecular flexibility index (Phi) is 4.03. The Morgan fingerprint density at radius 2 is 2.05 bits per heavy atom. The fraction of sp³-hybridized carbons (Fsp3) is 0.643. The number of morpholine rings is 1. The molecule has 0 aliphatic carbocycles. The molecule has 0 amide bonds. The smallest absolute Gasteiger partial charge is 0.163 e. The van der Waals surface area contributed by atoms with Crippen molar-refractivity contribution in [1.82, 2.24) is 24.6 Å². The fourth-order valence-electron chi connectivity index (χ4n) is 2.90. The van der Waals surface area contributed by atoms with E-state index < -0.39 is 0 Å². The van der Waals surface area contributed by atoms with Gasteiger partial charge < -0.3 is 10.1 Å². The number of ether oxygens (including phenoxy) is 1. The first-order chi connectivity index (χ1) is 10.1. The van der Waals surface area contributed by atoms with Gasteiger partial charge in [-0.1, -0.05) is 0 Å². The van der Waals surface area contributed by atoms with Crippen LogP contribution in [-0.4, -0.2) is 63.0 Å². The van der Waals surface area contributed by atoms with Crippen LogP contribution in [0.3, 0.4) is 0 Å². The summed E-state index contributed by atoms with van der Waals surface area (Å²) in [7, 11) is 1.88. The van der Waals surface area contributed by atoms with E-state index in [1.165, 1.54) is 0 Å². The van der Waals surface area contributed by atoms with Gasteiger partial charge in [-0.2, -0.15) is 5.10 Å². The van der Waals surface area contributed by atoms with Gasteiger partial charge >= 0.3 is 0 Å². The van der Waals surface area contributed by atoms with E-state index in [4.69, 9.17) is 4.74 Å². The molecule has 0 spiro atoms. The maximum absolute atomic E-state index is 5.75. The monoisotopic (exact) mass is 290 g/mol. The third kappa shape index (κ3) is 3.14. The average Bonchev–Trinajstić information content (AvgIpc) is 2.81. The molecule has 0 radical (unpaired) electrons. The van der Waals surface area contributed by atoms with Crippen LogP contribution < -0.4 is 5.32 Å². The molecule has 7 nitrogen and oxygen atoms in total. The Morgan fingerprint density at radius 1 is 1.29 bits per heavy atom. The Hall–Kier alpha value is -1.73. The lowest BCUT2D eigenvalue weighted by atomic mass is 10.2. The summed E-state index contributed by atoms with van der Waals surface area (Å²) in [5.41, 5.74) is 0.848. The zero-order valence-electron chi connectivity index (χ0n) is 12.8. The molecule has 0 aromatic carbocycles. The van der Waals surface area contributed by atoms with Crippen molar-refractivity contribution in [2.75, 3.05) is 31.5 Å². The van der Waals surface area contributed by atoms with E-state index in [9.17, 15) is 0 Å². The second-order valence-corrected chi connectivity index (χ2v) is 5.67. The van der Waals surface area contributed by atoms with Gasteiger partial charge in [0.15, 0.2) is 5.65 Å². The number of nitrogens with zero attached hydrogens (tertiary/aromatic N) is 5. The van der Waals surface area contributed by atoms with Crippen molar-refractivity contribution in [3.8, 4) is 0 Å². The number of aromatic nitrogens is 4. The summed E-state index contributed by atoms with van der Waals surface area (Å²) in [6.07, 6.45) is 3.98. The van der Waals surface area contributed by atoms with E-state index >= 15 is 0 Å². The van der Waals surface area contributed by atoms with Crippen LogP contribution in [0.2, 0.25) is 0 Å². The number of hydrogen-bond acceptors (Lipinski definition) is 6. The Labute approximate surface area is 124 Å². The third-order valence-electron chi connectivity index (χ3n) is 3.75. The summed E-state index contributed by atoms with van der Waals surface area (Å²) in [6, 6.07) is 0. The Bertz CT molecular complexity index is 603. The average molecular weight is 290 g/mol. The van der Waals surface area contributed by atoms with E-state index in [1.807, 2.05) is 7.05 Å². The molecule has 114 valence electrons.